The van der Waals surface area contributed by atoms with Crippen LogP contribution in [-0.4, -0.2) is 10.6 Å². The summed E-state index contributed by atoms with van der Waals surface area (Å²) in [6.45, 7) is 1.83. The Morgan fingerprint density at radius 2 is 1.65 bits per heavy atom. The monoisotopic (exact) mass is 366 g/mol. The number of nitrogens with one attached hydrogen (secondary N) is 1. The lowest BCUT2D eigenvalue weighted by atomic mass is 10.1. The molecule has 1 N–H and O–H groups in total. The minimum Gasteiger partial charge on any atom is -0.343 e. The van der Waals surface area contributed by atoms with Crippen LogP contribution in [0.5, 0.6) is 0 Å². The van der Waals surface area contributed by atoms with Gasteiger partial charge in [0.15, 0.2) is 0 Å². The third-order valence-electron chi connectivity index (χ3n) is 5.57. The molecular weight excluding hydrogens is 340 g/mol. The van der Waals surface area contributed by atoms with E-state index in [1.165, 1.54) is 60.6 Å². The molecule has 1 aliphatic carbocycles. The highest BCUT2D eigenvalue weighted by Gasteiger charge is 2.13. The van der Waals surface area contributed by atoms with Crippen LogP contribution in [0.1, 0.15) is 49.7 Å². The summed E-state index contributed by atoms with van der Waals surface area (Å²) in [5.41, 5.74) is 3.98. The van der Waals surface area contributed by atoms with Gasteiger partial charge in [-0.15, -0.1) is 0 Å². The fraction of sp³-hybridized carbons (Fsp3) is 0.391. The smallest absolute Gasteiger partial charge is 0.0486 e. The molecule has 0 radical (unpaired) electrons. The lowest BCUT2D eigenvalue weighted by Gasteiger charge is -2.15. The van der Waals surface area contributed by atoms with Crippen molar-refractivity contribution < 1.29 is 0 Å². The minimum absolute atomic E-state index is 0.677. The summed E-state index contributed by atoms with van der Waals surface area (Å²) in [6, 6.07) is 17.6. The van der Waals surface area contributed by atoms with Crippen molar-refractivity contribution in [2.75, 3.05) is 0 Å². The number of hydrogen-bond acceptors (Lipinski definition) is 1. The Morgan fingerprint density at radius 1 is 0.923 bits per heavy atom. The van der Waals surface area contributed by atoms with E-state index in [9.17, 15) is 0 Å². The molecule has 0 amide bonds. The fourth-order valence-electron chi connectivity index (χ4n) is 4.12. The molecule has 3 aromatic rings. The first-order valence-corrected chi connectivity index (χ1v) is 10.2. The molecule has 1 saturated carbocycles. The molecule has 1 fully saturated rings. The van der Waals surface area contributed by atoms with Crippen molar-refractivity contribution in [1.82, 2.24) is 9.88 Å². The molecule has 2 nitrogen and oxygen atoms in total. The van der Waals surface area contributed by atoms with Crippen LogP contribution in [0, 0.1) is 0 Å². The van der Waals surface area contributed by atoms with E-state index < -0.39 is 0 Å². The molecule has 0 saturated heterocycles. The third-order valence-corrected chi connectivity index (χ3v) is 5.83. The summed E-state index contributed by atoms with van der Waals surface area (Å²) in [5.74, 6) is 0. The minimum atomic E-state index is 0.677. The second-order valence-electron chi connectivity index (χ2n) is 7.50. The zero-order valence-electron chi connectivity index (χ0n) is 15.3. The number of para-hydroxylation sites is 1. The zero-order valence-corrected chi connectivity index (χ0v) is 16.0. The van der Waals surface area contributed by atoms with Crippen molar-refractivity contribution in [3.05, 3.63) is 70.9 Å². The average molecular weight is 367 g/mol. The number of aromatic nitrogens is 1. The van der Waals surface area contributed by atoms with E-state index in [4.69, 9.17) is 11.6 Å². The Hall–Kier alpha value is -1.77. The largest absolute Gasteiger partial charge is 0.343 e. The summed E-state index contributed by atoms with van der Waals surface area (Å²) in [7, 11) is 0. The SMILES string of the molecule is Clc1ccc(Cn2cc(CNC3CCCCCC3)c3ccccc32)cc1. The van der Waals surface area contributed by atoms with Crippen molar-refractivity contribution in [1.29, 1.82) is 0 Å². The van der Waals surface area contributed by atoms with Gasteiger partial charge in [-0.25, -0.2) is 0 Å². The predicted octanol–water partition coefficient (Wildman–Crippen LogP) is 6.16. The molecule has 26 heavy (non-hydrogen) atoms. The molecule has 0 unspecified atom stereocenters. The summed E-state index contributed by atoms with van der Waals surface area (Å²) in [4.78, 5) is 0. The highest BCUT2D eigenvalue weighted by Crippen LogP contribution is 2.24. The normalized spacial score (nSPS) is 16.0. The average Bonchev–Trinajstić information content (AvgIpc) is 2.83. The van der Waals surface area contributed by atoms with E-state index >= 15 is 0 Å². The van der Waals surface area contributed by atoms with Crippen LogP contribution in [0.2, 0.25) is 5.02 Å². The Bertz CT molecular complexity index is 842. The van der Waals surface area contributed by atoms with Crippen molar-refractivity contribution in [2.45, 2.75) is 57.7 Å². The lowest BCUT2D eigenvalue weighted by molar-refractivity contribution is 0.459. The highest BCUT2D eigenvalue weighted by atomic mass is 35.5. The Balaban J connectivity index is 1.54. The van der Waals surface area contributed by atoms with Crippen LogP contribution in [0.25, 0.3) is 10.9 Å². The lowest BCUT2D eigenvalue weighted by Crippen LogP contribution is -2.27. The van der Waals surface area contributed by atoms with Crippen molar-refractivity contribution in [2.24, 2.45) is 0 Å². The number of hydrogen-bond donors (Lipinski definition) is 1. The predicted molar refractivity (Wildman–Crippen MR) is 111 cm³/mol. The van der Waals surface area contributed by atoms with Crippen molar-refractivity contribution in [3.63, 3.8) is 0 Å². The van der Waals surface area contributed by atoms with Crippen molar-refractivity contribution >= 4 is 22.5 Å². The van der Waals surface area contributed by atoms with E-state index in [1.807, 2.05) is 12.1 Å². The van der Waals surface area contributed by atoms with Gasteiger partial charge in [-0.3, -0.25) is 0 Å². The summed E-state index contributed by atoms with van der Waals surface area (Å²) >= 11 is 6.03. The maximum Gasteiger partial charge on any atom is 0.0486 e. The van der Waals surface area contributed by atoms with E-state index in [1.54, 1.807) is 0 Å². The van der Waals surface area contributed by atoms with Crippen LogP contribution in [0.15, 0.2) is 54.7 Å². The van der Waals surface area contributed by atoms with E-state index in [2.05, 4.69) is 52.5 Å². The molecule has 2 aromatic carbocycles. The summed E-state index contributed by atoms with van der Waals surface area (Å²) < 4.78 is 2.36. The summed E-state index contributed by atoms with van der Waals surface area (Å²) in [6.07, 6.45) is 10.5. The highest BCUT2D eigenvalue weighted by molar-refractivity contribution is 6.30. The maximum atomic E-state index is 6.03. The molecule has 136 valence electrons. The summed E-state index contributed by atoms with van der Waals surface area (Å²) in [5, 5.41) is 5.98. The van der Waals surface area contributed by atoms with Gasteiger partial charge in [0.1, 0.15) is 0 Å². The quantitative estimate of drug-likeness (QED) is 0.535. The van der Waals surface area contributed by atoms with Crippen LogP contribution < -0.4 is 5.32 Å². The number of fused-ring (bicyclic) bond motifs is 1. The van der Waals surface area contributed by atoms with Gasteiger partial charge in [0.25, 0.3) is 0 Å². The molecule has 1 aromatic heterocycles. The van der Waals surface area contributed by atoms with Gasteiger partial charge in [-0.1, -0.05) is 67.6 Å². The Labute approximate surface area is 161 Å². The first-order chi connectivity index (χ1) is 12.8. The van der Waals surface area contributed by atoms with Gasteiger partial charge in [-0.2, -0.15) is 0 Å². The molecule has 1 aliphatic rings. The van der Waals surface area contributed by atoms with Crippen LogP contribution >= 0.6 is 11.6 Å². The Morgan fingerprint density at radius 3 is 2.42 bits per heavy atom. The first-order valence-electron chi connectivity index (χ1n) is 9.84. The first kappa shape index (κ1) is 17.6. The van der Waals surface area contributed by atoms with E-state index in [-0.39, 0.29) is 0 Å². The van der Waals surface area contributed by atoms with Gasteiger partial charge in [0.2, 0.25) is 0 Å². The second-order valence-corrected chi connectivity index (χ2v) is 7.93. The molecule has 3 heteroatoms. The zero-order chi connectivity index (χ0) is 17.8. The van der Waals surface area contributed by atoms with Crippen molar-refractivity contribution in [3.8, 4) is 0 Å². The number of nitrogens with zero attached hydrogens (tertiary/aromatic N) is 1. The molecule has 4 rings (SSSR count). The molecule has 0 spiro atoms. The van der Waals surface area contributed by atoms with E-state index in [0.29, 0.717) is 6.04 Å². The van der Waals surface area contributed by atoms with E-state index in [0.717, 1.165) is 18.1 Å². The molecular formula is C23H27ClN2. The maximum absolute atomic E-state index is 6.03. The third kappa shape index (κ3) is 4.13. The van der Waals surface area contributed by atoms with Crippen LogP contribution in [0.3, 0.4) is 0 Å². The molecule has 0 bridgehead atoms. The Kier molecular flexibility index (Phi) is 5.62. The standard InChI is InChI=1S/C23H27ClN2/c24-20-13-11-18(12-14-20)16-26-17-19(22-9-5-6-10-23(22)26)15-25-21-7-3-1-2-4-8-21/h5-6,9-14,17,21,25H,1-4,7-8,15-16H2. The number of benzene rings is 2. The van der Waals surface area contributed by atoms with Crippen LogP contribution in [-0.2, 0) is 13.1 Å². The number of rotatable bonds is 5. The second kappa shape index (κ2) is 8.28. The van der Waals surface area contributed by atoms with Crippen LogP contribution in [0.4, 0.5) is 0 Å². The molecule has 0 aliphatic heterocycles. The molecule has 1 heterocycles. The molecule has 0 atom stereocenters. The van der Waals surface area contributed by atoms with Gasteiger partial charge in [0.05, 0.1) is 0 Å². The topological polar surface area (TPSA) is 17.0 Å². The van der Waals surface area contributed by atoms with Gasteiger partial charge in [0, 0.05) is 41.3 Å². The van der Waals surface area contributed by atoms with Gasteiger partial charge in [-0.05, 0) is 42.2 Å². The van der Waals surface area contributed by atoms with Gasteiger partial charge < -0.3 is 9.88 Å². The fourth-order valence-corrected chi connectivity index (χ4v) is 4.24. The van der Waals surface area contributed by atoms with Gasteiger partial charge >= 0.3 is 0 Å². The number of halogens is 1.